The van der Waals surface area contributed by atoms with Gasteiger partial charge in [-0.05, 0) is 38.1 Å². The molecule has 5 nitrogen and oxygen atoms in total. The highest BCUT2D eigenvalue weighted by molar-refractivity contribution is 5.92. The zero-order chi connectivity index (χ0) is 14.5. The van der Waals surface area contributed by atoms with Gasteiger partial charge in [0.1, 0.15) is 0 Å². The fourth-order valence-corrected chi connectivity index (χ4v) is 2.02. The van der Waals surface area contributed by atoms with E-state index in [1.807, 2.05) is 38.1 Å². The molecule has 0 unspecified atom stereocenters. The molecule has 2 aromatic rings. The maximum Gasteiger partial charge on any atom is 0.221 e. The van der Waals surface area contributed by atoms with Gasteiger partial charge in [-0.1, -0.05) is 0 Å². The summed E-state index contributed by atoms with van der Waals surface area (Å²) >= 11 is 0. The molecule has 1 aromatic carbocycles. The molecule has 0 spiro atoms. The van der Waals surface area contributed by atoms with E-state index in [1.54, 1.807) is 6.20 Å². The van der Waals surface area contributed by atoms with Gasteiger partial charge in [0.05, 0.1) is 5.52 Å². The monoisotopic (exact) mass is 272 g/mol. The van der Waals surface area contributed by atoms with Crippen LogP contribution in [0.25, 0.3) is 10.9 Å². The van der Waals surface area contributed by atoms with Crippen LogP contribution in [0.3, 0.4) is 0 Å². The third-order valence-electron chi connectivity index (χ3n) is 2.88. The minimum Gasteiger partial charge on any atom is -0.399 e. The van der Waals surface area contributed by atoms with Crippen molar-refractivity contribution < 1.29 is 4.79 Å². The van der Waals surface area contributed by atoms with Crippen molar-refractivity contribution in [3.8, 4) is 0 Å². The molecular weight excluding hydrogens is 252 g/mol. The van der Waals surface area contributed by atoms with Crippen LogP contribution in [0.2, 0.25) is 0 Å². The number of rotatable bonds is 5. The van der Waals surface area contributed by atoms with Gasteiger partial charge in [0, 0.05) is 42.0 Å². The fourth-order valence-electron chi connectivity index (χ4n) is 2.02. The number of nitrogen functional groups attached to an aromatic ring is 1. The first kappa shape index (κ1) is 14.1. The molecule has 0 aliphatic carbocycles. The van der Waals surface area contributed by atoms with Crippen LogP contribution in [0.5, 0.6) is 0 Å². The molecule has 5 heteroatoms. The number of nitrogens with zero attached hydrogens (tertiary/aromatic N) is 1. The van der Waals surface area contributed by atoms with Crippen LogP contribution in [0.15, 0.2) is 30.5 Å². The number of fused-ring (bicyclic) bond motifs is 1. The summed E-state index contributed by atoms with van der Waals surface area (Å²) in [5, 5.41) is 7.14. The Kier molecular flexibility index (Phi) is 4.40. The van der Waals surface area contributed by atoms with E-state index in [9.17, 15) is 4.79 Å². The number of pyridine rings is 1. The van der Waals surface area contributed by atoms with E-state index in [1.165, 1.54) is 0 Å². The summed E-state index contributed by atoms with van der Waals surface area (Å²) < 4.78 is 0. The third kappa shape index (κ3) is 3.60. The van der Waals surface area contributed by atoms with Gasteiger partial charge in [-0.2, -0.15) is 0 Å². The van der Waals surface area contributed by atoms with Gasteiger partial charge in [0.15, 0.2) is 0 Å². The summed E-state index contributed by atoms with van der Waals surface area (Å²) in [7, 11) is 0. The Bertz CT molecular complexity index is 610. The molecule has 0 radical (unpaired) electrons. The summed E-state index contributed by atoms with van der Waals surface area (Å²) in [6, 6.07) is 7.70. The number of benzene rings is 1. The molecule has 1 aromatic heterocycles. The van der Waals surface area contributed by atoms with Crippen LogP contribution in [0.1, 0.15) is 20.3 Å². The van der Waals surface area contributed by atoms with Gasteiger partial charge in [-0.15, -0.1) is 0 Å². The fraction of sp³-hybridized carbons (Fsp3) is 0.333. The molecule has 2 rings (SSSR count). The normalized spacial score (nSPS) is 10.8. The molecule has 0 aliphatic heterocycles. The Morgan fingerprint density at radius 2 is 2.15 bits per heavy atom. The largest absolute Gasteiger partial charge is 0.399 e. The van der Waals surface area contributed by atoms with Gasteiger partial charge in [-0.25, -0.2) is 0 Å². The van der Waals surface area contributed by atoms with Crippen LogP contribution in [-0.4, -0.2) is 23.5 Å². The highest BCUT2D eigenvalue weighted by Gasteiger charge is 2.05. The molecule has 0 atom stereocenters. The van der Waals surface area contributed by atoms with E-state index >= 15 is 0 Å². The van der Waals surface area contributed by atoms with Crippen molar-refractivity contribution in [2.75, 3.05) is 17.6 Å². The van der Waals surface area contributed by atoms with Crippen LogP contribution in [-0.2, 0) is 4.79 Å². The quantitative estimate of drug-likeness (QED) is 0.729. The molecule has 4 N–H and O–H groups in total. The van der Waals surface area contributed by atoms with E-state index in [0.29, 0.717) is 18.7 Å². The standard InChI is InChI=1S/C15H20N4O/c1-10(2)19-15(20)6-8-17-13-5-7-18-14-9-11(16)3-4-12(13)14/h3-5,7,9-10H,6,8,16H2,1-2H3,(H,17,18)(H,19,20). The highest BCUT2D eigenvalue weighted by Crippen LogP contribution is 2.23. The maximum absolute atomic E-state index is 11.6. The third-order valence-corrected chi connectivity index (χ3v) is 2.88. The van der Waals surface area contributed by atoms with Crippen LogP contribution < -0.4 is 16.4 Å². The Morgan fingerprint density at radius 1 is 1.35 bits per heavy atom. The van der Waals surface area contributed by atoms with Crippen molar-refractivity contribution in [2.24, 2.45) is 0 Å². The second-order valence-electron chi connectivity index (χ2n) is 5.03. The first-order valence-electron chi connectivity index (χ1n) is 6.74. The number of hydrogen-bond donors (Lipinski definition) is 3. The lowest BCUT2D eigenvalue weighted by Gasteiger charge is -2.11. The topological polar surface area (TPSA) is 80.0 Å². The summed E-state index contributed by atoms with van der Waals surface area (Å²) in [6.07, 6.45) is 2.18. The smallest absolute Gasteiger partial charge is 0.221 e. The first-order chi connectivity index (χ1) is 9.56. The molecule has 0 saturated heterocycles. The van der Waals surface area contributed by atoms with Crippen molar-refractivity contribution >= 4 is 28.2 Å². The second kappa shape index (κ2) is 6.23. The van der Waals surface area contributed by atoms with E-state index in [-0.39, 0.29) is 11.9 Å². The highest BCUT2D eigenvalue weighted by atomic mass is 16.1. The van der Waals surface area contributed by atoms with Crippen LogP contribution >= 0.6 is 0 Å². The van der Waals surface area contributed by atoms with Gasteiger partial charge < -0.3 is 16.4 Å². The van der Waals surface area contributed by atoms with Gasteiger partial charge >= 0.3 is 0 Å². The van der Waals surface area contributed by atoms with E-state index in [4.69, 9.17) is 5.73 Å². The molecule has 0 saturated carbocycles. The lowest BCUT2D eigenvalue weighted by molar-refractivity contribution is -0.121. The summed E-state index contributed by atoms with van der Waals surface area (Å²) in [4.78, 5) is 15.9. The SMILES string of the molecule is CC(C)NC(=O)CCNc1ccnc2cc(N)ccc12. The molecule has 0 bridgehead atoms. The lowest BCUT2D eigenvalue weighted by atomic mass is 10.1. The molecule has 0 aliphatic rings. The number of carbonyl (C=O) groups is 1. The Balaban J connectivity index is 2.01. The minimum atomic E-state index is 0.0510. The molecule has 1 heterocycles. The predicted octanol–water partition coefficient (Wildman–Crippen LogP) is 2.14. The van der Waals surface area contributed by atoms with Crippen molar-refractivity contribution in [3.63, 3.8) is 0 Å². The molecule has 0 fully saturated rings. The zero-order valence-corrected chi connectivity index (χ0v) is 11.8. The predicted molar refractivity (Wildman–Crippen MR) is 82.5 cm³/mol. The first-order valence-corrected chi connectivity index (χ1v) is 6.74. The van der Waals surface area contributed by atoms with Crippen LogP contribution in [0.4, 0.5) is 11.4 Å². The van der Waals surface area contributed by atoms with Crippen LogP contribution in [0, 0.1) is 0 Å². The average Bonchev–Trinajstić information content (AvgIpc) is 2.37. The van der Waals surface area contributed by atoms with Crippen molar-refractivity contribution in [3.05, 3.63) is 30.5 Å². The Hall–Kier alpha value is -2.30. The number of aromatic nitrogens is 1. The molecule has 106 valence electrons. The summed E-state index contributed by atoms with van der Waals surface area (Å²) in [6.45, 7) is 4.49. The van der Waals surface area contributed by atoms with Crippen molar-refractivity contribution in [2.45, 2.75) is 26.3 Å². The molecule has 20 heavy (non-hydrogen) atoms. The summed E-state index contributed by atoms with van der Waals surface area (Å²) in [5.74, 6) is 0.0510. The number of nitrogens with one attached hydrogen (secondary N) is 2. The lowest BCUT2D eigenvalue weighted by Crippen LogP contribution is -2.31. The number of nitrogens with two attached hydrogens (primary N) is 1. The number of hydrogen-bond acceptors (Lipinski definition) is 4. The minimum absolute atomic E-state index is 0.0510. The molecule has 1 amide bonds. The molecular formula is C15H20N4O. The van der Waals surface area contributed by atoms with Gasteiger partial charge in [0.2, 0.25) is 5.91 Å². The maximum atomic E-state index is 11.6. The number of anilines is 2. The summed E-state index contributed by atoms with van der Waals surface area (Å²) in [5.41, 5.74) is 8.25. The van der Waals surface area contributed by atoms with Crippen molar-refractivity contribution in [1.82, 2.24) is 10.3 Å². The van der Waals surface area contributed by atoms with E-state index in [2.05, 4.69) is 15.6 Å². The Labute approximate surface area is 118 Å². The second-order valence-corrected chi connectivity index (χ2v) is 5.03. The Morgan fingerprint density at radius 3 is 2.90 bits per heavy atom. The van der Waals surface area contributed by atoms with E-state index in [0.717, 1.165) is 16.6 Å². The zero-order valence-electron chi connectivity index (χ0n) is 11.8. The average molecular weight is 272 g/mol. The van der Waals surface area contributed by atoms with Crippen molar-refractivity contribution in [1.29, 1.82) is 0 Å². The van der Waals surface area contributed by atoms with Gasteiger partial charge in [0.25, 0.3) is 0 Å². The number of amides is 1. The van der Waals surface area contributed by atoms with Gasteiger partial charge in [-0.3, -0.25) is 9.78 Å². The number of carbonyl (C=O) groups excluding carboxylic acids is 1. The van der Waals surface area contributed by atoms with E-state index < -0.39 is 0 Å².